The average Bonchev–Trinajstić information content (AvgIpc) is 2.88. The van der Waals surface area contributed by atoms with E-state index in [9.17, 15) is 18.0 Å². The fraction of sp³-hybridized carbons (Fsp3) is 0.462. The summed E-state index contributed by atoms with van der Waals surface area (Å²) >= 11 is 0. The molecule has 2 rings (SSSR count). The van der Waals surface area contributed by atoms with E-state index in [1.807, 2.05) is 0 Å². The molecule has 20 heavy (non-hydrogen) atoms. The van der Waals surface area contributed by atoms with Crippen molar-refractivity contribution in [1.82, 2.24) is 5.32 Å². The van der Waals surface area contributed by atoms with Crippen LogP contribution in [0.3, 0.4) is 0 Å². The van der Waals surface area contributed by atoms with E-state index in [1.165, 1.54) is 6.07 Å². The third-order valence-electron chi connectivity index (χ3n) is 3.31. The molecular weight excluding hydrogens is 271 g/mol. The van der Waals surface area contributed by atoms with Crippen LogP contribution in [-0.2, 0) is 6.18 Å². The lowest BCUT2D eigenvalue weighted by molar-refractivity contribution is -0.137. The molecule has 7 heteroatoms. The zero-order chi connectivity index (χ0) is 14.8. The second kappa shape index (κ2) is 5.70. The van der Waals surface area contributed by atoms with Gasteiger partial charge in [-0.1, -0.05) is 0 Å². The number of primary amides is 1. The number of carbonyl (C=O) groups is 1. The molecule has 1 aliphatic rings. The topological polar surface area (TPSA) is 67.2 Å². The number of alkyl halides is 3. The Hall–Kier alpha value is -1.76. The number of amides is 1. The van der Waals surface area contributed by atoms with Crippen molar-refractivity contribution >= 4 is 11.6 Å². The second-order valence-corrected chi connectivity index (χ2v) is 4.80. The summed E-state index contributed by atoms with van der Waals surface area (Å²) < 4.78 is 38.6. The van der Waals surface area contributed by atoms with Gasteiger partial charge in [0.25, 0.3) is 0 Å². The smallest absolute Gasteiger partial charge is 0.383 e. The van der Waals surface area contributed by atoms with E-state index in [2.05, 4.69) is 10.6 Å². The van der Waals surface area contributed by atoms with Gasteiger partial charge in [0.2, 0.25) is 5.91 Å². The van der Waals surface area contributed by atoms with Crippen molar-refractivity contribution in [2.75, 3.05) is 18.4 Å². The lowest BCUT2D eigenvalue weighted by Gasteiger charge is -2.16. The minimum Gasteiger partial charge on any atom is -0.383 e. The van der Waals surface area contributed by atoms with Crippen LogP contribution in [0.1, 0.15) is 28.8 Å². The normalized spacial score (nSPS) is 19.1. The first kappa shape index (κ1) is 14.6. The highest BCUT2D eigenvalue weighted by atomic mass is 19.4. The highest BCUT2D eigenvalue weighted by Gasteiger charge is 2.35. The summed E-state index contributed by atoms with van der Waals surface area (Å²) in [6.45, 7) is 1.48. The Morgan fingerprint density at radius 1 is 1.45 bits per heavy atom. The molecule has 1 aromatic carbocycles. The number of benzene rings is 1. The molecule has 1 aromatic rings. The van der Waals surface area contributed by atoms with Crippen molar-refractivity contribution in [3.05, 3.63) is 29.3 Å². The van der Waals surface area contributed by atoms with Gasteiger partial charge in [-0.25, -0.2) is 0 Å². The zero-order valence-electron chi connectivity index (χ0n) is 10.8. The molecule has 1 atom stereocenters. The van der Waals surface area contributed by atoms with Gasteiger partial charge in [0.1, 0.15) is 0 Å². The summed E-state index contributed by atoms with van der Waals surface area (Å²) in [6, 6.07) is 3.73. The third-order valence-corrected chi connectivity index (χ3v) is 3.31. The van der Waals surface area contributed by atoms with Crippen molar-refractivity contribution < 1.29 is 18.0 Å². The van der Waals surface area contributed by atoms with E-state index >= 15 is 0 Å². The minimum absolute atomic E-state index is 0.264. The minimum atomic E-state index is -4.60. The molecule has 0 bridgehead atoms. The van der Waals surface area contributed by atoms with Crippen LogP contribution < -0.4 is 16.4 Å². The van der Waals surface area contributed by atoms with E-state index in [0.717, 1.165) is 31.5 Å². The third kappa shape index (κ3) is 3.41. The Bertz CT molecular complexity index is 496. The van der Waals surface area contributed by atoms with E-state index in [4.69, 9.17) is 5.73 Å². The lowest BCUT2D eigenvalue weighted by Crippen LogP contribution is -2.29. The quantitative estimate of drug-likeness (QED) is 0.793. The molecule has 4 nitrogen and oxygen atoms in total. The fourth-order valence-electron chi connectivity index (χ4n) is 2.28. The lowest BCUT2D eigenvalue weighted by atomic mass is 10.1. The first-order valence-electron chi connectivity index (χ1n) is 6.36. The van der Waals surface area contributed by atoms with Crippen molar-refractivity contribution in [2.45, 2.75) is 25.1 Å². The summed E-state index contributed by atoms with van der Waals surface area (Å²) in [6.07, 6.45) is -2.53. The average molecular weight is 287 g/mol. The van der Waals surface area contributed by atoms with Gasteiger partial charge in [0, 0.05) is 18.3 Å². The van der Waals surface area contributed by atoms with Crippen LogP contribution in [-0.4, -0.2) is 25.0 Å². The number of carbonyl (C=O) groups excluding carboxylic acids is 1. The summed E-state index contributed by atoms with van der Waals surface area (Å²) in [5.74, 6) is -1.08. The number of nitrogens with one attached hydrogen (secondary N) is 2. The van der Waals surface area contributed by atoms with Gasteiger partial charge >= 0.3 is 6.18 Å². The van der Waals surface area contributed by atoms with Crippen molar-refractivity contribution in [1.29, 1.82) is 0 Å². The van der Waals surface area contributed by atoms with Crippen LogP contribution in [0.15, 0.2) is 18.2 Å². The molecule has 0 spiro atoms. The molecule has 0 radical (unpaired) electrons. The second-order valence-electron chi connectivity index (χ2n) is 4.80. The first-order valence-corrected chi connectivity index (χ1v) is 6.36. The van der Waals surface area contributed by atoms with Gasteiger partial charge in [0.15, 0.2) is 0 Å². The van der Waals surface area contributed by atoms with Crippen LogP contribution in [0.25, 0.3) is 0 Å². The molecule has 1 fully saturated rings. The maximum atomic E-state index is 12.9. The molecule has 0 aliphatic carbocycles. The Morgan fingerprint density at radius 3 is 2.75 bits per heavy atom. The molecule has 4 N–H and O–H groups in total. The van der Waals surface area contributed by atoms with E-state index in [1.54, 1.807) is 0 Å². The summed E-state index contributed by atoms with van der Waals surface area (Å²) in [7, 11) is 0. The predicted octanol–water partition coefficient (Wildman–Crippen LogP) is 1.97. The van der Waals surface area contributed by atoms with Gasteiger partial charge in [-0.05, 0) is 37.6 Å². The van der Waals surface area contributed by atoms with Crippen molar-refractivity contribution in [2.24, 2.45) is 5.73 Å². The molecule has 1 amide bonds. The molecule has 110 valence electrons. The van der Waals surface area contributed by atoms with E-state index < -0.39 is 23.2 Å². The van der Waals surface area contributed by atoms with Gasteiger partial charge < -0.3 is 16.4 Å². The maximum absolute atomic E-state index is 12.9. The van der Waals surface area contributed by atoms with E-state index in [-0.39, 0.29) is 6.04 Å². The Labute approximate surface area is 114 Å². The predicted molar refractivity (Wildman–Crippen MR) is 69.5 cm³/mol. The standard InChI is InChI=1S/C13H16F3N3O/c14-13(15,16)11-6-8(3-4-10(11)12(17)20)19-7-9-2-1-5-18-9/h3-4,6,9,18-19H,1-2,5,7H2,(H2,17,20). The zero-order valence-corrected chi connectivity index (χ0v) is 10.8. The number of rotatable bonds is 4. The fourth-order valence-corrected chi connectivity index (χ4v) is 2.28. The van der Waals surface area contributed by atoms with E-state index in [0.29, 0.717) is 12.2 Å². The van der Waals surface area contributed by atoms with Crippen LogP contribution in [0.5, 0.6) is 0 Å². The number of hydrogen-bond acceptors (Lipinski definition) is 3. The molecule has 1 aliphatic heterocycles. The largest absolute Gasteiger partial charge is 0.417 e. The Morgan fingerprint density at radius 2 is 2.20 bits per heavy atom. The van der Waals surface area contributed by atoms with Gasteiger partial charge in [-0.2, -0.15) is 13.2 Å². The Balaban J connectivity index is 2.16. The van der Waals surface area contributed by atoms with Crippen LogP contribution in [0.2, 0.25) is 0 Å². The molecular formula is C13H16F3N3O. The van der Waals surface area contributed by atoms with Gasteiger partial charge in [-0.15, -0.1) is 0 Å². The monoisotopic (exact) mass is 287 g/mol. The van der Waals surface area contributed by atoms with Crippen LogP contribution in [0.4, 0.5) is 18.9 Å². The number of anilines is 1. The van der Waals surface area contributed by atoms with Crippen LogP contribution >= 0.6 is 0 Å². The molecule has 0 aromatic heterocycles. The number of nitrogens with two attached hydrogens (primary N) is 1. The number of halogens is 3. The molecule has 1 heterocycles. The van der Waals surface area contributed by atoms with Gasteiger partial charge in [-0.3, -0.25) is 4.79 Å². The van der Waals surface area contributed by atoms with Crippen LogP contribution in [0, 0.1) is 0 Å². The summed E-state index contributed by atoms with van der Waals surface area (Å²) in [5, 5.41) is 6.19. The summed E-state index contributed by atoms with van der Waals surface area (Å²) in [5.41, 5.74) is 3.78. The highest BCUT2D eigenvalue weighted by Crippen LogP contribution is 2.33. The maximum Gasteiger partial charge on any atom is 0.417 e. The van der Waals surface area contributed by atoms with Gasteiger partial charge in [0.05, 0.1) is 11.1 Å². The summed E-state index contributed by atoms with van der Waals surface area (Å²) in [4.78, 5) is 11.0. The molecule has 1 saturated heterocycles. The van der Waals surface area contributed by atoms with Crippen molar-refractivity contribution in [3.63, 3.8) is 0 Å². The molecule has 0 saturated carbocycles. The first-order chi connectivity index (χ1) is 9.38. The molecule has 1 unspecified atom stereocenters. The SMILES string of the molecule is NC(=O)c1ccc(NCC2CCCN2)cc1C(F)(F)F. The highest BCUT2D eigenvalue weighted by molar-refractivity contribution is 5.95. The van der Waals surface area contributed by atoms with Crippen molar-refractivity contribution in [3.8, 4) is 0 Å². The Kier molecular flexibility index (Phi) is 4.17. The number of hydrogen-bond donors (Lipinski definition) is 3.